The van der Waals surface area contributed by atoms with Crippen molar-refractivity contribution in [3.8, 4) is 0 Å². The molecular weight excluding hydrogens is 266 g/mol. The number of benzene rings is 1. The predicted molar refractivity (Wildman–Crippen MR) is 78.1 cm³/mol. The van der Waals surface area contributed by atoms with E-state index in [1.807, 2.05) is 4.68 Å². The molecule has 1 aromatic heterocycles. The molecule has 2 aliphatic carbocycles. The van der Waals surface area contributed by atoms with Crippen LogP contribution in [0.1, 0.15) is 49.0 Å². The van der Waals surface area contributed by atoms with Crippen LogP contribution in [-0.4, -0.2) is 26.1 Å². The molecule has 0 saturated heterocycles. The summed E-state index contributed by atoms with van der Waals surface area (Å²) in [6, 6.07) is 5.32. The quantitative estimate of drug-likeness (QED) is 0.940. The number of nitrogens with zero attached hydrogens (tertiary/aromatic N) is 3. The molecule has 4 rings (SSSR count). The van der Waals surface area contributed by atoms with Crippen LogP contribution in [0.3, 0.4) is 0 Å². The number of carboxylic acids is 1. The molecular formula is C16H19N3O2. The summed E-state index contributed by atoms with van der Waals surface area (Å²) in [6.45, 7) is 2.20. The van der Waals surface area contributed by atoms with E-state index in [9.17, 15) is 4.79 Å². The second kappa shape index (κ2) is 4.55. The fourth-order valence-electron chi connectivity index (χ4n) is 4.44. The van der Waals surface area contributed by atoms with E-state index in [0.29, 0.717) is 11.5 Å². The SMILES string of the molecule is CC(C1CC2CCC1C2)n1nnc2ccc(C(=O)O)cc21. The van der Waals surface area contributed by atoms with Crippen molar-refractivity contribution in [1.82, 2.24) is 15.0 Å². The topological polar surface area (TPSA) is 68.0 Å². The van der Waals surface area contributed by atoms with Gasteiger partial charge in [0.15, 0.2) is 0 Å². The molecule has 2 saturated carbocycles. The summed E-state index contributed by atoms with van der Waals surface area (Å²) >= 11 is 0. The van der Waals surface area contributed by atoms with Crippen LogP contribution in [0.5, 0.6) is 0 Å². The average molecular weight is 285 g/mol. The molecule has 5 nitrogen and oxygen atoms in total. The van der Waals surface area contributed by atoms with Gasteiger partial charge in [-0.2, -0.15) is 0 Å². The van der Waals surface area contributed by atoms with Crippen molar-refractivity contribution in [1.29, 1.82) is 0 Å². The summed E-state index contributed by atoms with van der Waals surface area (Å²) < 4.78 is 1.94. The van der Waals surface area contributed by atoms with E-state index in [-0.39, 0.29) is 6.04 Å². The van der Waals surface area contributed by atoms with Crippen LogP contribution < -0.4 is 0 Å². The molecule has 1 N–H and O–H groups in total. The Morgan fingerprint density at radius 3 is 2.90 bits per heavy atom. The minimum absolute atomic E-state index is 0.286. The number of carbonyl (C=O) groups is 1. The fourth-order valence-corrected chi connectivity index (χ4v) is 4.44. The number of aromatic carboxylic acids is 1. The molecule has 2 aromatic rings. The zero-order chi connectivity index (χ0) is 14.6. The van der Waals surface area contributed by atoms with E-state index in [2.05, 4.69) is 17.2 Å². The smallest absolute Gasteiger partial charge is 0.335 e. The van der Waals surface area contributed by atoms with Crippen LogP contribution in [0.25, 0.3) is 11.0 Å². The van der Waals surface area contributed by atoms with Gasteiger partial charge in [-0.3, -0.25) is 0 Å². The summed E-state index contributed by atoms with van der Waals surface area (Å²) in [5.74, 6) is 1.46. The van der Waals surface area contributed by atoms with Crippen molar-refractivity contribution in [3.63, 3.8) is 0 Å². The minimum atomic E-state index is -0.905. The summed E-state index contributed by atoms with van der Waals surface area (Å²) in [5, 5.41) is 17.6. The van der Waals surface area contributed by atoms with Crippen LogP contribution >= 0.6 is 0 Å². The van der Waals surface area contributed by atoms with Gasteiger partial charge in [0.25, 0.3) is 0 Å². The highest BCUT2D eigenvalue weighted by Gasteiger charge is 2.42. The van der Waals surface area contributed by atoms with Crippen molar-refractivity contribution < 1.29 is 9.90 Å². The van der Waals surface area contributed by atoms with Crippen molar-refractivity contribution in [2.45, 2.75) is 38.6 Å². The van der Waals surface area contributed by atoms with Crippen molar-refractivity contribution in [3.05, 3.63) is 23.8 Å². The molecule has 2 aliphatic rings. The Kier molecular flexibility index (Phi) is 2.77. The normalized spacial score (nSPS) is 29.1. The second-order valence-electron chi connectivity index (χ2n) is 6.62. The van der Waals surface area contributed by atoms with Crippen LogP contribution in [0, 0.1) is 17.8 Å². The lowest BCUT2D eigenvalue weighted by Crippen LogP contribution is -2.23. The van der Waals surface area contributed by atoms with Gasteiger partial charge < -0.3 is 5.11 Å². The molecule has 0 spiro atoms. The highest BCUT2D eigenvalue weighted by molar-refractivity contribution is 5.92. The van der Waals surface area contributed by atoms with Gasteiger partial charge in [0.1, 0.15) is 5.52 Å². The Labute approximate surface area is 123 Å². The summed E-state index contributed by atoms with van der Waals surface area (Å²) in [7, 11) is 0. The van der Waals surface area contributed by atoms with Gasteiger partial charge in [-0.1, -0.05) is 11.6 Å². The van der Waals surface area contributed by atoms with Gasteiger partial charge >= 0.3 is 5.97 Å². The zero-order valence-electron chi connectivity index (χ0n) is 12.1. The van der Waals surface area contributed by atoms with Gasteiger partial charge in [-0.05, 0) is 62.1 Å². The van der Waals surface area contributed by atoms with E-state index in [0.717, 1.165) is 22.9 Å². The fraction of sp³-hybridized carbons (Fsp3) is 0.562. The van der Waals surface area contributed by atoms with E-state index < -0.39 is 5.97 Å². The average Bonchev–Trinajstić information content (AvgIpc) is 3.20. The number of aromatic nitrogens is 3. The lowest BCUT2D eigenvalue weighted by Gasteiger charge is -2.28. The maximum Gasteiger partial charge on any atom is 0.335 e. The van der Waals surface area contributed by atoms with E-state index in [1.54, 1.807) is 18.2 Å². The summed E-state index contributed by atoms with van der Waals surface area (Å²) in [6.07, 6.45) is 5.37. The maximum absolute atomic E-state index is 11.2. The third kappa shape index (κ3) is 1.94. The molecule has 1 heterocycles. The molecule has 4 unspecified atom stereocenters. The van der Waals surface area contributed by atoms with Crippen molar-refractivity contribution >= 4 is 17.0 Å². The maximum atomic E-state index is 11.2. The molecule has 1 aromatic carbocycles. The van der Waals surface area contributed by atoms with Gasteiger partial charge in [-0.15, -0.1) is 5.10 Å². The van der Waals surface area contributed by atoms with Gasteiger partial charge in [0, 0.05) is 0 Å². The van der Waals surface area contributed by atoms with Crippen LogP contribution in [-0.2, 0) is 0 Å². The lowest BCUT2D eigenvalue weighted by atomic mass is 9.84. The van der Waals surface area contributed by atoms with Crippen LogP contribution in [0.4, 0.5) is 0 Å². The first-order valence-electron chi connectivity index (χ1n) is 7.71. The number of hydrogen-bond donors (Lipinski definition) is 1. The number of rotatable bonds is 3. The Morgan fingerprint density at radius 2 is 2.24 bits per heavy atom. The lowest BCUT2D eigenvalue weighted by molar-refractivity contribution is 0.0697. The molecule has 0 amide bonds. The van der Waals surface area contributed by atoms with E-state index in [4.69, 9.17) is 5.11 Å². The molecule has 2 bridgehead atoms. The molecule has 0 aliphatic heterocycles. The molecule has 21 heavy (non-hydrogen) atoms. The highest BCUT2D eigenvalue weighted by Crippen LogP contribution is 2.52. The third-order valence-electron chi connectivity index (χ3n) is 5.52. The highest BCUT2D eigenvalue weighted by atomic mass is 16.4. The first-order valence-corrected chi connectivity index (χ1v) is 7.71. The molecule has 2 fully saturated rings. The van der Waals surface area contributed by atoms with Crippen molar-refractivity contribution in [2.24, 2.45) is 17.8 Å². The second-order valence-corrected chi connectivity index (χ2v) is 6.62. The van der Waals surface area contributed by atoms with Gasteiger partial charge in [0.05, 0.1) is 17.1 Å². The standard InChI is InChI=1S/C16H19N3O2/c1-9(13-7-10-2-3-11(13)6-10)19-15-8-12(16(20)21)4-5-14(15)17-18-19/h4-5,8-11,13H,2-3,6-7H2,1H3,(H,20,21). The minimum Gasteiger partial charge on any atom is -0.478 e. The number of hydrogen-bond acceptors (Lipinski definition) is 3. The van der Waals surface area contributed by atoms with Gasteiger partial charge in [0.2, 0.25) is 0 Å². The monoisotopic (exact) mass is 285 g/mol. The largest absolute Gasteiger partial charge is 0.478 e. The molecule has 5 heteroatoms. The third-order valence-corrected chi connectivity index (χ3v) is 5.52. The molecule has 4 atom stereocenters. The Hall–Kier alpha value is -1.91. The first kappa shape index (κ1) is 12.8. The molecule has 110 valence electrons. The molecule has 0 radical (unpaired) electrons. The summed E-state index contributed by atoms with van der Waals surface area (Å²) in [5.41, 5.74) is 1.91. The predicted octanol–water partition coefficient (Wildman–Crippen LogP) is 3.13. The van der Waals surface area contributed by atoms with E-state index in [1.165, 1.54) is 25.7 Å². The van der Waals surface area contributed by atoms with E-state index >= 15 is 0 Å². The zero-order valence-corrected chi connectivity index (χ0v) is 12.1. The van der Waals surface area contributed by atoms with Crippen molar-refractivity contribution in [2.75, 3.05) is 0 Å². The Balaban J connectivity index is 1.72. The van der Waals surface area contributed by atoms with Crippen LogP contribution in [0.2, 0.25) is 0 Å². The first-order chi connectivity index (χ1) is 10.1. The Morgan fingerprint density at radius 1 is 1.38 bits per heavy atom. The number of carboxylic acid groups (broad SMARTS) is 1. The Bertz CT molecular complexity index is 709. The van der Waals surface area contributed by atoms with Gasteiger partial charge in [-0.25, -0.2) is 9.48 Å². The van der Waals surface area contributed by atoms with Crippen LogP contribution in [0.15, 0.2) is 18.2 Å². The number of fused-ring (bicyclic) bond motifs is 3. The summed E-state index contributed by atoms with van der Waals surface area (Å²) in [4.78, 5) is 11.2.